The van der Waals surface area contributed by atoms with Gasteiger partial charge in [0.25, 0.3) is 0 Å². The maximum atomic E-state index is 14.4. The summed E-state index contributed by atoms with van der Waals surface area (Å²) in [6, 6.07) is 4.77. The van der Waals surface area contributed by atoms with Crippen molar-refractivity contribution in [2.45, 2.75) is 39.3 Å². The Balaban J connectivity index is 1.30. The molecule has 0 bridgehead atoms. The Bertz CT molecular complexity index is 1160. The van der Waals surface area contributed by atoms with Crippen LogP contribution < -0.4 is 19.5 Å². The van der Waals surface area contributed by atoms with Crippen LogP contribution in [-0.4, -0.2) is 47.2 Å². The van der Waals surface area contributed by atoms with Gasteiger partial charge in [0.05, 0.1) is 43.6 Å². The first-order valence-corrected chi connectivity index (χ1v) is 10.9. The molecule has 0 amide bonds. The molecule has 2 aromatic heterocycles. The van der Waals surface area contributed by atoms with Crippen molar-refractivity contribution < 1.29 is 32.5 Å². The lowest BCUT2D eigenvalue weighted by molar-refractivity contribution is -0.141. The van der Waals surface area contributed by atoms with Crippen molar-refractivity contribution in [1.29, 1.82) is 0 Å². The van der Waals surface area contributed by atoms with E-state index < -0.39 is 17.4 Å². The van der Waals surface area contributed by atoms with Crippen LogP contribution in [0, 0.1) is 18.6 Å². The summed E-state index contributed by atoms with van der Waals surface area (Å²) in [5.41, 5.74) is 0.671. The second-order valence-electron chi connectivity index (χ2n) is 8.31. The van der Waals surface area contributed by atoms with E-state index in [2.05, 4.69) is 20.3 Å². The van der Waals surface area contributed by atoms with Crippen LogP contribution in [0.4, 0.5) is 20.4 Å². The fourth-order valence-corrected chi connectivity index (χ4v) is 3.38. The van der Waals surface area contributed by atoms with E-state index in [-0.39, 0.29) is 35.3 Å². The monoisotopic (exact) mass is 488 g/mol. The molecule has 3 aromatic rings. The second kappa shape index (κ2) is 10.4. The molecular formula is C24H26F2N4O5. The third kappa shape index (κ3) is 6.11. The van der Waals surface area contributed by atoms with Crippen molar-refractivity contribution in [3.63, 3.8) is 0 Å². The Morgan fingerprint density at radius 2 is 1.86 bits per heavy atom. The molecule has 1 atom stereocenters. The van der Waals surface area contributed by atoms with Crippen molar-refractivity contribution in [3.8, 4) is 17.4 Å². The van der Waals surface area contributed by atoms with Gasteiger partial charge in [-0.05, 0) is 38.5 Å². The van der Waals surface area contributed by atoms with E-state index in [9.17, 15) is 8.78 Å². The molecule has 0 radical (unpaired) electrons. The van der Waals surface area contributed by atoms with Crippen molar-refractivity contribution >= 4 is 11.6 Å². The molecule has 0 saturated carbocycles. The molecule has 1 saturated heterocycles. The van der Waals surface area contributed by atoms with Gasteiger partial charge < -0.3 is 29.0 Å². The van der Waals surface area contributed by atoms with Gasteiger partial charge in [-0.1, -0.05) is 0 Å². The number of benzene rings is 1. The largest absolute Gasteiger partial charge is 0.494 e. The standard InChI is InChI=1S/C24H26F2N4O5/c1-14-7-19(31-4)22(26)18(21(14)25)13-32-16-9-28-23(29-10-16)30-15-5-6-20(27-8-15)33-11-17-12-34-24(2,3)35-17/h5-10,17H,11-13H2,1-4H3,(H,28,29,30)/t17-/m1/s1. The van der Waals surface area contributed by atoms with E-state index >= 15 is 0 Å². The number of methoxy groups -OCH3 is 1. The average Bonchev–Trinajstić information content (AvgIpc) is 3.20. The van der Waals surface area contributed by atoms with Crippen molar-refractivity contribution in [1.82, 2.24) is 15.0 Å². The first kappa shape index (κ1) is 24.6. The minimum atomic E-state index is -0.803. The molecule has 1 N–H and O–H groups in total. The summed E-state index contributed by atoms with van der Waals surface area (Å²) in [4.78, 5) is 12.6. The van der Waals surface area contributed by atoms with Crippen LogP contribution in [0.1, 0.15) is 25.0 Å². The minimum Gasteiger partial charge on any atom is -0.494 e. The molecule has 9 nitrogen and oxygen atoms in total. The van der Waals surface area contributed by atoms with Crippen LogP contribution in [0.5, 0.6) is 17.4 Å². The van der Waals surface area contributed by atoms with E-state index in [4.69, 9.17) is 23.7 Å². The number of aryl methyl sites for hydroxylation is 1. The van der Waals surface area contributed by atoms with Crippen molar-refractivity contribution in [3.05, 3.63) is 59.6 Å². The lowest BCUT2D eigenvalue weighted by atomic mass is 10.1. The van der Waals surface area contributed by atoms with Crippen molar-refractivity contribution in [2.75, 3.05) is 25.6 Å². The zero-order chi connectivity index (χ0) is 25.0. The molecule has 1 aromatic carbocycles. The maximum Gasteiger partial charge on any atom is 0.227 e. The molecule has 0 spiro atoms. The van der Waals surface area contributed by atoms with Crippen LogP contribution >= 0.6 is 0 Å². The smallest absolute Gasteiger partial charge is 0.227 e. The molecule has 4 rings (SSSR count). The van der Waals surface area contributed by atoms with Gasteiger partial charge >= 0.3 is 0 Å². The third-order valence-corrected chi connectivity index (χ3v) is 5.15. The van der Waals surface area contributed by atoms with Crippen LogP contribution in [0.2, 0.25) is 0 Å². The summed E-state index contributed by atoms with van der Waals surface area (Å²) in [5.74, 6) is -1.15. The fourth-order valence-electron chi connectivity index (χ4n) is 3.38. The van der Waals surface area contributed by atoms with E-state index in [1.165, 1.54) is 32.5 Å². The van der Waals surface area contributed by atoms with Gasteiger partial charge in [0.1, 0.15) is 25.1 Å². The molecule has 3 heterocycles. The Kier molecular flexibility index (Phi) is 7.27. The van der Waals surface area contributed by atoms with Gasteiger partial charge in [-0.2, -0.15) is 0 Å². The van der Waals surface area contributed by atoms with Gasteiger partial charge in [-0.3, -0.25) is 0 Å². The molecule has 1 aliphatic rings. The van der Waals surface area contributed by atoms with Crippen LogP contribution in [0.15, 0.2) is 36.8 Å². The molecule has 186 valence electrons. The lowest BCUT2D eigenvalue weighted by Gasteiger charge is -2.17. The number of nitrogens with one attached hydrogen (secondary N) is 1. The Labute approximate surface area is 201 Å². The summed E-state index contributed by atoms with van der Waals surface area (Å²) in [5, 5.41) is 3.00. The highest BCUT2D eigenvalue weighted by Crippen LogP contribution is 2.27. The molecular weight excluding hydrogens is 462 g/mol. The first-order chi connectivity index (χ1) is 16.7. The van der Waals surface area contributed by atoms with Crippen LogP contribution in [0.25, 0.3) is 0 Å². The SMILES string of the molecule is COc1cc(C)c(F)c(COc2cnc(Nc3ccc(OC[C@@H]4COC(C)(C)O4)nc3)nc2)c1F. The Morgan fingerprint density at radius 1 is 1.09 bits per heavy atom. The van der Waals surface area contributed by atoms with Crippen LogP contribution in [0.3, 0.4) is 0 Å². The van der Waals surface area contributed by atoms with E-state index in [0.717, 1.165) is 0 Å². The molecule has 35 heavy (non-hydrogen) atoms. The highest BCUT2D eigenvalue weighted by atomic mass is 19.1. The zero-order valence-electron chi connectivity index (χ0n) is 19.8. The summed E-state index contributed by atoms with van der Waals surface area (Å²) < 4.78 is 56.0. The predicted molar refractivity (Wildman–Crippen MR) is 122 cm³/mol. The highest BCUT2D eigenvalue weighted by Gasteiger charge is 2.33. The molecule has 1 fully saturated rings. The number of rotatable bonds is 9. The Morgan fingerprint density at radius 3 is 2.49 bits per heavy atom. The lowest BCUT2D eigenvalue weighted by Crippen LogP contribution is -2.25. The molecule has 0 unspecified atom stereocenters. The number of aromatic nitrogens is 3. The summed E-state index contributed by atoms with van der Waals surface area (Å²) in [6.45, 7) is 5.69. The van der Waals surface area contributed by atoms with Gasteiger partial charge in [-0.15, -0.1) is 0 Å². The molecule has 11 heteroatoms. The quantitative estimate of drug-likeness (QED) is 0.472. The van der Waals surface area contributed by atoms with Gasteiger partial charge in [-0.25, -0.2) is 23.7 Å². The van der Waals surface area contributed by atoms with Gasteiger partial charge in [0.15, 0.2) is 23.1 Å². The topological polar surface area (TPSA) is 96.9 Å². The number of hydrogen-bond donors (Lipinski definition) is 1. The first-order valence-electron chi connectivity index (χ1n) is 10.9. The summed E-state index contributed by atoms with van der Waals surface area (Å²) >= 11 is 0. The minimum absolute atomic E-state index is 0.0480. The van der Waals surface area contributed by atoms with Crippen molar-refractivity contribution in [2.24, 2.45) is 0 Å². The van der Waals surface area contributed by atoms with E-state index in [1.54, 1.807) is 18.3 Å². The number of nitrogens with zero attached hydrogens (tertiary/aromatic N) is 3. The highest BCUT2D eigenvalue weighted by molar-refractivity contribution is 5.52. The fraction of sp³-hybridized carbons (Fsp3) is 0.375. The third-order valence-electron chi connectivity index (χ3n) is 5.15. The summed E-state index contributed by atoms with van der Waals surface area (Å²) in [6.07, 6.45) is 4.22. The summed E-state index contributed by atoms with van der Waals surface area (Å²) in [7, 11) is 1.32. The number of hydrogen-bond acceptors (Lipinski definition) is 9. The molecule has 1 aliphatic heterocycles. The van der Waals surface area contributed by atoms with E-state index in [0.29, 0.717) is 30.7 Å². The predicted octanol–water partition coefficient (Wildman–Crippen LogP) is 4.32. The number of anilines is 2. The van der Waals surface area contributed by atoms with E-state index in [1.807, 2.05) is 13.8 Å². The van der Waals surface area contributed by atoms with Gasteiger partial charge in [0, 0.05) is 6.07 Å². The number of halogens is 2. The Hall–Kier alpha value is -3.57. The zero-order valence-corrected chi connectivity index (χ0v) is 19.8. The van der Waals surface area contributed by atoms with Crippen LogP contribution in [-0.2, 0) is 16.1 Å². The maximum absolute atomic E-state index is 14.4. The number of pyridine rings is 1. The van der Waals surface area contributed by atoms with Gasteiger partial charge in [0.2, 0.25) is 11.8 Å². The normalized spacial score (nSPS) is 16.7. The number of ether oxygens (including phenoxy) is 5. The molecule has 0 aliphatic carbocycles. The second-order valence-corrected chi connectivity index (χ2v) is 8.31. The average molecular weight is 488 g/mol.